The van der Waals surface area contributed by atoms with Gasteiger partial charge < -0.3 is 5.73 Å². The highest BCUT2D eigenvalue weighted by molar-refractivity contribution is 7.13. The number of rotatable bonds is 3. The average Bonchev–Trinajstić information content (AvgIpc) is 3.14. The molecule has 26 heavy (non-hydrogen) atoms. The molecule has 0 saturated heterocycles. The third-order valence-corrected chi connectivity index (χ3v) is 5.61. The summed E-state index contributed by atoms with van der Waals surface area (Å²) in [7, 11) is 0. The molecule has 0 radical (unpaired) electrons. The van der Waals surface area contributed by atoms with Crippen LogP contribution in [0.1, 0.15) is 0 Å². The van der Waals surface area contributed by atoms with Gasteiger partial charge in [-0.25, -0.2) is 9.97 Å². The molecule has 0 spiro atoms. The van der Waals surface area contributed by atoms with E-state index < -0.39 is 0 Å². The van der Waals surface area contributed by atoms with Crippen LogP contribution in [0.15, 0.2) is 60.5 Å². The number of nitrogens with zero attached hydrogens (tertiary/aromatic N) is 3. The van der Waals surface area contributed by atoms with Crippen molar-refractivity contribution in [1.82, 2.24) is 15.0 Å². The molecule has 0 fully saturated rings. The van der Waals surface area contributed by atoms with Gasteiger partial charge in [0.05, 0.1) is 26.1 Å². The van der Waals surface area contributed by atoms with Gasteiger partial charge in [-0.15, -0.1) is 11.3 Å². The zero-order valence-corrected chi connectivity index (χ0v) is 15.7. The summed E-state index contributed by atoms with van der Waals surface area (Å²) in [5.74, 6) is 0.406. The van der Waals surface area contributed by atoms with Gasteiger partial charge in [-0.05, 0) is 18.2 Å². The van der Waals surface area contributed by atoms with Crippen LogP contribution in [0, 0.1) is 0 Å². The van der Waals surface area contributed by atoms with E-state index in [1.807, 2.05) is 30.3 Å². The van der Waals surface area contributed by atoms with Gasteiger partial charge in [0.25, 0.3) is 0 Å². The van der Waals surface area contributed by atoms with Gasteiger partial charge in [0, 0.05) is 40.8 Å². The summed E-state index contributed by atoms with van der Waals surface area (Å²) in [4.78, 5) is 13.9. The largest absolute Gasteiger partial charge is 0.383 e. The smallest absolute Gasteiger partial charge is 0.132 e. The van der Waals surface area contributed by atoms with E-state index in [0.717, 1.165) is 32.8 Å². The molecule has 7 heteroatoms. The van der Waals surface area contributed by atoms with Crippen LogP contribution in [-0.2, 0) is 0 Å². The lowest BCUT2D eigenvalue weighted by Crippen LogP contribution is -1.96. The standard InChI is InChI=1S/C19H12Cl2N4S/c20-15-5-1-4-13(16(15)21)18-17(25-10-26-18)14-7-12(9-24-19(14)22)11-3-2-6-23-8-11/h1-10H,(H2,22,24). The Balaban J connectivity index is 1.88. The summed E-state index contributed by atoms with van der Waals surface area (Å²) in [5.41, 5.74) is 12.1. The fourth-order valence-corrected chi connectivity index (χ4v) is 3.95. The van der Waals surface area contributed by atoms with Crippen molar-refractivity contribution in [2.24, 2.45) is 0 Å². The van der Waals surface area contributed by atoms with E-state index in [9.17, 15) is 0 Å². The maximum atomic E-state index is 6.40. The van der Waals surface area contributed by atoms with Crippen LogP contribution >= 0.6 is 34.5 Å². The second-order valence-corrected chi connectivity index (χ2v) is 7.17. The lowest BCUT2D eigenvalue weighted by atomic mass is 10.0. The fraction of sp³-hybridized carbons (Fsp3) is 0. The maximum absolute atomic E-state index is 6.40. The van der Waals surface area contributed by atoms with E-state index in [2.05, 4.69) is 15.0 Å². The highest BCUT2D eigenvalue weighted by atomic mass is 35.5. The maximum Gasteiger partial charge on any atom is 0.132 e. The average molecular weight is 399 g/mol. The Bertz CT molecular complexity index is 1080. The summed E-state index contributed by atoms with van der Waals surface area (Å²) >= 11 is 14.1. The van der Waals surface area contributed by atoms with Crippen LogP contribution in [-0.4, -0.2) is 15.0 Å². The van der Waals surface area contributed by atoms with Crippen molar-refractivity contribution in [3.05, 3.63) is 70.5 Å². The molecular formula is C19H12Cl2N4S. The molecular weight excluding hydrogens is 387 g/mol. The van der Waals surface area contributed by atoms with E-state index in [1.165, 1.54) is 11.3 Å². The van der Waals surface area contributed by atoms with Crippen LogP contribution in [0.25, 0.3) is 32.8 Å². The van der Waals surface area contributed by atoms with E-state index in [1.54, 1.807) is 30.2 Å². The first-order valence-electron chi connectivity index (χ1n) is 7.69. The van der Waals surface area contributed by atoms with E-state index in [0.29, 0.717) is 15.9 Å². The summed E-state index contributed by atoms with van der Waals surface area (Å²) < 4.78 is 0. The predicted octanol–water partition coefficient (Wildman–Crippen LogP) is 5.82. The molecule has 128 valence electrons. The van der Waals surface area contributed by atoms with Crippen LogP contribution in [0.4, 0.5) is 5.82 Å². The molecule has 0 unspecified atom stereocenters. The number of nitrogens with two attached hydrogens (primary N) is 1. The molecule has 3 aromatic heterocycles. The lowest BCUT2D eigenvalue weighted by molar-refractivity contribution is 1.29. The van der Waals surface area contributed by atoms with E-state index in [-0.39, 0.29) is 0 Å². The second kappa shape index (κ2) is 7.03. The number of hydrogen-bond acceptors (Lipinski definition) is 5. The second-order valence-electron chi connectivity index (χ2n) is 5.53. The van der Waals surface area contributed by atoms with Crippen LogP contribution in [0.2, 0.25) is 10.0 Å². The summed E-state index contributed by atoms with van der Waals surface area (Å²) in [6.07, 6.45) is 5.25. The van der Waals surface area contributed by atoms with Crippen LogP contribution in [0.3, 0.4) is 0 Å². The Morgan fingerprint density at radius 1 is 0.923 bits per heavy atom. The fourth-order valence-electron chi connectivity index (χ4n) is 2.66. The molecule has 3 heterocycles. The number of benzene rings is 1. The number of nitrogen functional groups attached to an aromatic ring is 1. The molecule has 0 aliphatic carbocycles. The molecule has 0 aliphatic heterocycles. The molecule has 0 saturated carbocycles. The monoisotopic (exact) mass is 398 g/mol. The minimum atomic E-state index is 0.406. The predicted molar refractivity (Wildman–Crippen MR) is 108 cm³/mol. The minimum Gasteiger partial charge on any atom is -0.383 e. The number of halogens is 2. The van der Waals surface area contributed by atoms with Gasteiger partial charge in [-0.3, -0.25) is 4.98 Å². The first-order valence-corrected chi connectivity index (χ1v) is 9.33. The van der Waals surface area contributed by atoms with E-state index in [4.69, 9.17) is 28.9 Å². The lowest BCUT2D eigenvalue weighted by Gasteiger charge is -2.10. The van der Waals surface area contributed by atoms with Gasteiger partial charge in [-0.1, -0.05) is 41.4 Å². The van der Waals surface area contributed by atoms with Gasteiger partial charge in [0.1, 0.15) is 5.82 Å². The van der Waals surface area contributed by atoms with Crippen molar-refractivity contribution in [1.29, 1.82) is 0 Å². The SMILES string of the molecule is Nc1ncc(-c2cccnc2)cc1-c1ncsc1-c1cccc(Cl)c1Cl. The third kappa shape index (κ3) is 3.05. The van der Waals surface area contributed by atoms with E-state index >= 15 is 0 Å². The zero-order chi connectivity index (χ0) is 18.1. The summed E-state index contributed by atoms with van der Waals surface area (Å²) in [5, 5.41) is 0.994. The normalized spacial score (nSPS) is 10.8. The van der Waals surface area contributed by atoms with Crippen LogP contribution < -0.4 is 5.73 Å². The Morgan fingerprint density at radius 3 is 2.62 bits per heavy atom. The molecule has 0 bridgehead atoms. The Labute approximate surface area is 164 Å². The van der Waals surface area contributed by atoms with Crippen molar-refractivity contribution < 1.29 is 0 Å². The highest BCUT2D eigenvalue weighted by Gasteiger charge is 2.18. The molecule has 4 aromatic rings. The van der Waals surface area contributed by atoms with Gasteiger partial charge >= 0.3 is 0 Å². The minimum absolute atomic E-state index is 0.406. The van der Waals surface area contributed by atoms with Crippen molar-refractivity contribution in [3.8, 4) is 32.8 Å². The number of aromatic nitrogens is 3. The number of pyridine rings is 2. The molecule has 4 rings (SSSR count). The topological polar surface area (TPSA) is 64.7 Å². The number of thiazole rings is 1. The van der Waals surface area contributed by atoms with Gasteiger partial charge in [0.15, 0.2) is 0 Å². The molecule has 0 aliphatic rings. The highest BCUT2D eigenvalue weighted by Crippen LogP contribution is 2.42. The van der Waals surface area contributed by atoms with Gasteiger partial charge in [0.2, 0.25) is 0 Å². The summed E-state index contributed by atoms with van der Waals surface area (Å²) in [6.45, 7) is 0. The number of hydrogen-bond donors (Lipinski definition) is 1. The summed E-state index contributed by atoms with van der Waals surface area (Å²) in [6, 6.07) is 11.4. The molecule has 0 amide bonds. The Morgan fingerprint density at radius 2 is 1.81 bits per heavy atom. The van der Waals surface area contributed by atoms with Gasteiger partial charge in [-0.2, -0.15) is 0 Å². The number of anilines is 1. The molecule has 4 nitrogen and oxygen atoms in total. The molecule has 0 atom stereocenters. The molecule has 2 N–H and O–H groups in total. The first kappa shape index (κ1) is 17.0. The third-order valence-electron chi connectivity index (χ3n) is 3.93. The van der Waals surface area contributed by atoms with Crippen LogP contribution in [0.5, 0.6) is 0 Å². The van der Waals surface area contributed by atoms with Crippen molar-refractivity contribution in [3.63, 3.8) is 0 Å². The molecule has 1 aromatic carbocycles. The quantitative estimate of drug-likeness (QED) is 0.471. The first-order chi connectivity index (χ1) is 12.6. The zero-order valence-electron chi connectivity index (χ0n) is 13.4. The Kier molecular flexibility index (Phi) is 4.59. The van der Waals surface area contributed by atoms with Crippen molar-refractivity contribution >= 4 is 40.4 Å². The Hall–Kier alpha value is -2.47. The van der Waals surface area contributed by atoms with Crippen molar-refractivity contribution in [2.45, 2.75) is 0 Å². The van der Waals surface area contributed by atoms with Crippen molar-refractivity contribution in [2.75, 3.05) is 5.73 Å².